The molecule has 0 bridgehead atoms. The van der Waals surface area contributed by atoms with Gasteiger partial charge < -0.3 is 15.3 Å². The van der Waals surface area contributed by atoms with Gasteiger partial charge in [0.2, 0.25) is 0 Å². The number of hydrogen-bond donors (Lipinski definition) is 2. The topological polar surface area (TPSA) is 35.5 Å². The Bertz CT molecular complexity index is 316. The average molecular weight is 240 g/mol. The summed E-state index contributed by atoms with van der Waals surface area (Å²) >= 11 is 0. The van der Waals surface area contributed by atoms with E-state index in [1.807, 2.05) is 11.9 Å². The van der Waals surface area contributed by atoms with Crippen molar-refractivity contribution in [3.63, 3.8) is 0 Å². The Morgan fingerprint density at radius 3 is 2.53 bits per heavy atom. The number of anilines is 1. The second-order valence-electron chi connectivity index (χ2n) is 4.19. The number of nitrogens with one attached hydrogen (secondary N) is 1. The van der Waals surface area contributed by atoms with Crippen molar-refractivity contribution in [3.8, 4) is 0 Å². The number of aliphatic hydroxyl groups is 1. The molecule has 0 aromatic heterocycles. The first-order chi connectivity index (χ1) is 8.17. The summed E-state index contributed by atoms with van der Waals surface area (Å²) in [7, 11) is 1.93. The van der Waals surface area contributed by atoms with E-state index in [0.29, 0.717) is 6.54 Å². The summed E-state index contributed by atoms with van der Waals surface area (Å²) in [5.41, 5.74) is 0.947. The summed E-state index contributed by atoms with van der Waals surface area (Å²) < 4.78 is 12.8. The van der Waals surface area contributed by atoms with E-state index >= 15 is 0 Å². The number of nitrogens with zero attached hydrogens (tertiary/aromatic N) is 1. The first-order valence-electron chi connectivity index (χ1n) is 5.98. The SMILES string of the molecule is CCCNC(CO)CN(C)c1ccc(F)cc1. The highest BCUT2D eigenvalue weighted by atomic mass is 19.1. The Labute approximate surface area is 102 Å². The number of halogens is 1. The van der Waals surface area contributed by atoms with Crippen LogP contribution in [0.3, 0.4) is 0 Å². The molecular formula is C13H21FN2O. The molecule has 0 radical (unpaired) electrons. The summed E-state index contributed by atoms with van der Waals surface area (Å²) in [6.45, 7) is 3.78. The van der Waals surface area contributed by atoms with E-state index in [2.05, 4.69) is 12.2 Å². The zero-order chi connectivity index (χ0) is 12.7. The van der Waals surface area contributed by atoms with Crippen LogP contribution in [0.2, 0.25) is 0 Å². The molecule has 2 N–H and O–H groups in total. The highest BCUT2D eigenvalue weighted by Crippen LogP contribution is 2.13. The molecule has 0 amide bonds. The van der Waals surface area contributed by atoms with E-state index in [1.54, 1.807) is 12.1 Å². The predicted molar refractivity (Wildman–Crippen MR) is 68.8 cm³/mol. The molecule has 1 atom stereocenters. The van der Waals surface area contributed by atoms with Gasteiger partial charge in [0, 0.05) is 25.3 Å². The molecular weight excluding hydrogens is 219 g/mol. The van der Waals surface area contributed by atoms with Crippen LogP contribution >= 0.6 is 0 Å². The van der Waals surface area contributed by atoms with Gasteiger partial charge in [-0.2, -0.15) is 0 Å². The van der Waals surface area contributed by atoms with Crippen molar-refractivity contribution in [2.45, 2.75) is 19.4 Å². The van der Waals surface area contributed by atoms with Crippen molar-refractivity contribution < 1.29 is 9.50 Å². The van der Waals surface area contributed by atoms with Crippen molar-refractivity contribution in [1.29, 1.82) is 0 Å². The van der Waals surface area contributed by atoms with E-state index < -0.39 is 0 Å². The molecule has 1 aromatic carbocycles. The molecule has 0 aliphatic carbocycles. The number of benzene rings is 1. The molecule has 4 heteroatoms. The first kappa shape index (κ1) is 13.9. The molecule has 0 aliphatic rings. The lowest BCUT2D eigenvalue weighted by molar-refractivity contribution is 0.245. The van der Waals surface area contributed by atoms with Crippen LogP contribution in [0, 0.1) is 5.82 Å². The van der Waals surface area contributed by atoms with Crippen LogP contribution in [-0.4, -0.2) is 37.9 Å². The molecule has 1 aromatic rings. The first-order valence-corrected chi connectivity index (χ1v) is 5.98. The van der Waals surface area contributed by atoms with Crippen molar-refractivity contribution in [1.82, 2.24) is 5.32 Å². The van der Waals surface area contributed by atoms with Crippen LogP contribution in [0.1, 0.15) is 13.3 Å². The largest absolute Gasteiger partial charge is 0.395 e. The van der Waals surface area contributed by atoms with Gasteiger partial charge in [0.05, 0.1) is 6.61 Å². The molecule has 0 saturated carbocycles. The molecule has 0 aliphatic heterocycles. The molecule has 0 saturated heterocycles. The van der Waals surface area contributed by atoms with Gasteiger partial charge in [-0.25, -0.2) is 4.39 Å². The number of hydrogen-bond acceptors (Lipinski definition) is 3. The maximum atomic E-state index is 12.8. The number of likely N-dealkylation sites (N-methyl/N-ethyl adjacent to an activating group) is 1. The molecule has 0 fully saturated rings. The summed E-state index contributed by atoms with van der Waals surface area (Å²) in [5.74, 6) is -0.232. The van der Waals surface area contributed by atoms with E-state index in [1.165, 1.54) is 12.1 Å². The fourth-order valence-electron chi connectivity index (χ4n) is 1.67. The molecule has 3 nitrogen and oxygen atoms in total. The average Bonchev–Trinajstić information content (AvgIpc) is 2.35. The fraction of sp³-hybridized carbons (Fsp3) is 0.538. The quantitative estimate of drug-likeness (QED) is 0.760. The normalized spacial score (nSPS) is 12.5. The van der Waals surface area contributed by atoms with Crippen molar-refractivity contribution >= 4 is 5.69 Å². The molecule has 1 unspecified atom stereocenters. The minimum Gasteiger partial charge on any atom is -0.395 e. The van der Waals surface area contributed by atoms with Crippen LogP contribution in [0.15, 0.2) is 24.3 Å². The van der Waals surface area contributed by atoms with Crippen molar-refractivity contribution in [2.75, 3.05) is 31.6 Å². The Balaban J connectivity index is 2.51. The smallest absolute Gasteiger partial charge is 0.123 e. The molecule has 0 heterocycles. The zero-order valence-corrected chi connectivity index (χ0v) is 10.5. The van der Waals surface area contributed by atoms with Gasteiger partial charge in [-0.3, -0.25) is 0 Å². The van der Waals surface area contributed by atoms with Crippen LogP contribution in [0.5, 0.6) is 0 Å². The fourth-order valence-corrected chi connectivity index (χ4v) is 1.67. The van der Waals surface area contributed by atoms with Gasteiger partial charge in [-0.1, -0.05) is 6.92 Å². The van der Waals surface area contributed by atoms with Gasteiger partial charge >= 0.3 is 0 Å². The molecule has 0 spiro atoms. The van der Waals surface area contributed by atoms with E-state index in [4.69, 9.17) is 0 Å². The summed E-state index contributed by atoms with van der Waals surface area (Å²) in [5, 5.41) is 12.5. The Morgan fingerprint density at radius 1 is 1.35 bits per heavy atom. The lowest BCUT2D eigenvalue weighted by Gasteiger charge is -2.25. The Hall–Kier alpha value is -1.13. The number of rotatable bonds is 7. The third-order valence-electron chi connectivity index (χ3n) is 2.67. The maximum Gasteiger partial charge on any atom is 0.123 e. The lowest BCUT2D eigenvalue weighted by atomic mass is 10.2. The van der Waals surface area contributed by atoms with Crippen molar-refractivity contribution in [2.24, 2.45) is 0 Å². The van der Waals surface area contributed by atoms with Crippen LogP contribution in [-0.2, 0) is 0 Å². The highest BCUT2D eigenvalue weighted by Gasteiger charge is 2.10. The molecule has 1 rings (SSSR count). The predicted octanol–water partition coefficient (Wildman–Crippen LogP) is 1.62. The van der Waals surface area contributed by atoms with Crippen LogP contribution < -0.4 is 10.2 Å². The van der Waals surface area contributed by atoms with Gasteiger partial charge in [0.1, 0.15) is 5.82 Å². The third kappa shape index (κ3) is 4.71. The van der Waals surface area contributed by atoms with E-state index in [-0.39, 0.29) is 18.5 Å². The number of aliphatic hydroxyl groups excluding tert-OH is 1. The van der Waals surface area contributed by atoms with Gasteiger partial charge in [-0.15, -0.1) is 0 Å². The monoisotopic (exact) mass is 240 g/mol. The maximum absolute atomic E-state index is 12.8. The molecule has 96 valence electrons. The standard InChI is InChI=1S/C13H21FN2O/c1-3-8-15-12(10-17)9-16(2)13-6-4-11(14)5-7-13/h4-7,12,15,17H,3,8-10H2,1-2H3. The minimum atomic E-state index is -0.232. The van der Waals surface area contributed by atoms with Gasteiger partial charge in [0.25, 0.3) is 0 Å². The second-order valence-corrected chi connectivity index (χ2v) is 4.19. The van der Waals surface area contributed by atoms with Crippen LogP contribution in [0.4, 0.5) is 10.1 Å². The Kier molecular flexibility index (Phi) is 5.94. The van der Waals surface area contributed by atoms with Crippen molar-refractivity contribution in [3.05, 3.63) is 30.1 Å². The van der Waals surface area contributed by atoms with Gasteiger partial charge in [-0.05, 0) is 37.2 Å². The zero-order valence-electron chi connectivity index (χ0n) is 10.5. The summed E-state index contributed by atoms with van der Waals surface area (Å²) in [6.07, 6.45) is 1.04. The van der Waals surface area contributed by atoms with Crippen LogP contribution in [0.25, 0.3) is 0 Å². The molecule has 17 heavy (non-hydrogen) atoms. The summed E-state index contributed by atoms with van der Waals surface area (Å²) in [4.78, 5) is 2.00. The second kappa shape index (κ2) is 7.25. The Morgan fingerprint density at radius 2 is 2.00 bits per heavy atom. The minimum absolute atomic E-state index is 0.0463. The van der Waals surface area contributed by atoms with E-state index in [9.17, 15) is 9.50 Å². The third-order valence-corrected chi connectivity index (χ3v) is 2.67. The van der Waals surface area contributed by atoms with E-state index in [0.717, 1.165) is 18.7 Å². The lowest BCUT2D eigenvalue weighted by Crippen LogP contribution is -2.42. The highest BCUT2D eigenvalue weighted by molar-refractivity contribution is 5.45. The summed E-state index contributed by atoms with van der Waals surface area (Å²) in [6, 6.07) is 6.41. The van der Waals surface area contributed by atoms with Gasteiger partial charge in [0.15, 0.2) is 0 Å².